The number of carbonyl (C=O) groups is 1. The van der Waals surface area contributed by atoms with Gasteiger partial charge in [-0.2, -0.15) is 0 Å². The molecular weight excluding hydrogens is 551 g/mol. The SMILES string of the molecule is C/C=S(/O)Nc1cccc(Cc2c(CN3CCNCC3)c3cc(Cl)c(OC(=O)N(C)C)cc3oc2=O)c1Cl. The third kappa shape index (κ3) is 6.51. The van der Waals surface area contributed by atoms with Crippen LogP contribution in [0.5, 0.6) is 5.75 Å². The molecule has 1 unspecified atom stereocenters. The summed E-state index contributed by atoms with van der Waals surface area (Å²) >= 11 is 13.2. The molecule has 0 saturated carbocycles. The minimum Gasteiger partial charge on any atom is -0.422 e. The van der Waals surface area contributed by atoms with Crippen molar-refractivity contribution in [3.8, 4) is 5.75 Å². The minimum absolute atomic E-state index is 0.107. The van der Waals surface area contributed by atoms with E-state index in [0.717, 1.165) is 31.7 Å². The van der Waals surface area contributed by atoms with Crippen LogP contribution in [0.25, 0.3) is 11.0 Å². The number of rotatable bonds is 7. The Hall–Kier alpha value is -2.60. The number of nitrogens with one attached hydrogen (secondary N) is 2. The number of piperazine rings is 1. The molecule has 2 heterocycles. The average molecular weight is 582 g/mol. The Morgan fingerprint density at radius 3 is 2.68 bits per heavy atom. The van der Waals surface area contributed by atoms with Crippen molar-refractivity contribution in [2.24, 2.45) is 0 Å². The molecule has 0 aliphatic carbocycles. The first kappa shape index (κ1) is 28.4. The van der Waals surface area contributed by atoms with Gasteiger partial charge in [0.05, 0.1) is 15.7 Å². The molecule has 0 bridgehead atoms. The van der Waals surface area contributed by atoms with E-state index < -0.39 is 22.7 Å². The predicted molar refractivity (Wildman–Crippen MR) is 155 cm³/mol. The highest BCUT2D eigenvalue weighted by Gasteiger charge is 2.22. The van der Waals surface area contributed by atoms with E-state index in [0.29, 0.717) is 33.8 Å². The largest absolute Gasteiger partial charge is 0.422 e. The van der Waals surface area contributed by atoms with E-state index >= 15 is 0 Å². The zero-order valence-electron chi connectivity index (χ0n) is 21.3. The molecule has 9 nitrogen and oxygen atoms in total. The number of hydrogen-bond acceptors (Lipinski definition) is 8. The van der Waals surface area contributed by atoms with E-state index in [9.17, 15) is 14.1 Å². The average Bonchev–Trinajstić information content (AvgIpc) is 2.89. The molecule has 1 fully saturated rings. The van der Waals surface area contributed by atoms with Gasteiger partial charge in [-0.25, -0.2) is 9.59 Å². The second-order valence-electron chi connectivity index (χ2n) is 9.02. The van der Waals surface area contributed by atoms with Crippen molar-refractivity contribution in [2.75, 3.05) is 45.0 Å². The van der Waals surface area contributed by atoms with Gasteiger partial charge in [0, 0.05) is 81.2 Å². The smallest absolute Gasteiger partial charge is 0.414 e. The van der Waals surface area contributed by atoms with E-state index in [1.54, 1.807) is 38.5 Å². The normalized spacial score (nSPS) is 15.0. The molecule has 0 radical (unpaired) electrons. The number of benzene rings is 2. The fourth-order valence-corrected chi connectivity index (χ4v) is 5.19. The van der Waals surface area contributed by atoms with Crippen molar-refractivity contribution < 1.29 is 18.5 Å². The minimum atomic E-state index is -1.14. The first-order valence-electron chi connectivity index (χ1n) is 12.0. The number of halogens is 2. The molecule has 38 heavy (non-hydrogen) atoms. The molecule has 1 aliphatic rings. The molecule has 2 aromatic carbocycles. The van der Waals surface area contributed by atoms with Gasteiger partial charge in [-0.1, -0.05) is 35.3 Å². The van der Waals surface area contributed by atoms with Gasteiger partial charge in [-0.3, -0.25) is 4.90 Å². The second kappa shape index (κ2) is 12.5. The van der Waals surface area contributed by atoms with Crippen LogP contribution in [0.15, 0.2) is 39.5 Å². The Balaban J connectivity index is 1.82. The van der Waals surface area contributed by atoms with E-state index in [2.05, 4.69) is 14.9 Å². The number of fused-ring (bicyclic) bond motifs is 1. The molecule has 3 aromatic rings. The molecular formula is C26H30Cl2N4O5S. The Bertz CT molecular complexity index is 1440. The van der Waals surface area contributed by atoms with Crippen molar-refractivity contribution in [1.82, 2.24) is 15.1 Å². The van der Waals surface area contributed by atoms with Crippen LogP contribution in [0.1, 0.15) is 23.6 Å². The lowest BCUT2D eigenvalue weighted by Gasteiger charge is -2.28. The van der Waals surface area contributed by atoms with Gasteiger partial charge in [0.25, 0.3) is 0 Å². The zero-order chi connectivity index (χ0) is 27.4. The summed E-state index contributed by atoms with van der Waals surface area (Å²) in [7, 11) is 1.98. The van der Waals surface area contributed by atoms with Gasteiger partial charge in [-0.05, 0) is 35.6 Å². The lowest BCUT2D eigenvalue weighted by molar-refractivity contribution is 0.172. The molecule has 204 valence electrons. The summed E-state index contributed by atoms with van der Waals surface area (Å²) < 4.78 is 24.1. The predicted octanol–water partition coefficient (Wildman–Crippen LogP) is 5.05. The third-order valence-corrected chi connectivity index (χ3v) is 7.83. The molecule has 3 N–H and O–H groups in total. The summed E-state index contributed by atoms with van der Waals surface area (Å²) in [6.07, 6.45) is -0.376. The Morgan fingerprint density at radius 2 is 2.00 bits per heavy atom. The zero-order valence-corrected chi connectivity index (χ0v) is 23.7. The molecule has 1 atom stereocenters. The van der Waals surface area contributed by atoms with Crippen molar-refractivity contribution in [3.63, 3.8) is 0 Å². The van der Waals surface area contributed by atoms with Crippen LogP contribution >= 0.6 is 34.2 Å². The summed E-state index contributed by atoms with van der Waals surface area (Å²) in [5, 5.41) is 6.27. The standard InChI is InChI=1S/C26H30Cl2N4O5S/c1-4-38(35)30-21-7-5-6-16(24(21)28)12-18-19(15-32-10-8-29-9-11-32)17-13-20(27)23(37-26(34)31(2)3)14-22(17)36-25(18)33/h4-7,13-14,29-30,35H,8-12,15H2,1-3H3. The topological polar surface area (TPSA) is 107 Å². The quantitative estimate of drug-likeness (QED) is 0.263. The molecule has 0 spiro atoms. The maximum Gasteiger partial charge on any atom is 0.414 e. The summed E-state index contributed by atoms with van der Waals surface area (Å²) in [6.45, 7) is 5.58. The number of ether oxygens (including phenoxy) is 1. The van der Waals surface area contributed by atoms with Crippen molar-refractivity contribution in [2.45, 2.75) is 19.9 Å². The maximum atomic E-state index is 13.4. The van der Waals surface area contributed by atoms with Crippen molar-refractivity contribution >= 4 is 62.3 Å². The number of amides is 1. The number of anilines is 1. The van der Waals surface area contributed by atoms with Gasteiger partial charge in [0.15, 0.2) is 5.75 Å². The van der Waals surface area contributed by atoms with Crippen LogP contribution in [0.3, 0.4) is 0 Å². The van der Waals surface area contributed by atoms with Crippen molar-refractivity contribution in [3.05, 3.63) is 67.5 Å². The van der Waals surface area contributed by atoms with Gasteiger partial charge in [0.2, 0.25) is 0 Å². The van der Waals surface area contributed by atoms with E-state index in [1.807, 2.05) is 12.1 Å². The summed E-state index contributed by atoms with van der Waals surface area (Å²) in [6, 6.07) is 8.58. The van der Waals surface area contributed by atoms with E-state index in [1.165, 1.54) is 11.0 Å². The van der Waals surface area contributed by atoms with Gasteiger partial charge >= 0.3 is 11.7 Å². The molecule has 1 aliphatic heterocycles. The molecule has 12 heteroatoms. The number of nitrogens with zero attached hydrogens (tertiary/aromatic N) is 2. The Kier molecular flexibility index (Phi) is 9.35. The Labute approximate surface area is 233 Å². The highest BCUT2D eigenvalue weighted by Crippen LogP contribution is 2.35. The van der Waals surface area contributed by atoms with Crippen LogP contribution in [0.2, 0.25) is 10.0 Å². The third-order valence-electron chi connectivity index (χ3n) is 6.21. The molecule has 1 saturated heterocycles. The van der Waals surface area contributed by atoms with Gasteiger partial charge < -0.3 is 28.6 Å². The molecule has 1 amide bonds. The lowest BCUT2D eigenvalue weighted by atomic mass is 9.97. The second-order valence-corrected chi connectivity index (χ2v) is 11.1. The lowest BCUT2D eigenvalue weighted by Crippen LogP contribution is -2.43. The highest BCUT2D eigenvalue weighted by molar-refractivity contribution is 8.11. The maximum absolute atomic E-state index is 13.4. The van der Waals surface area contributed by atoms with Gasteiger partial charge in [0.1, 0.15) is 5.58 Å². The monoisotopic (exact) mass is 580 g/mol. The molecule has 1 aromatic heterocycles. The Morgan fingerprint density at radius 1 is 1.26 bits per heavy atom. The fourth-order valence-electron chi connectivity index (χ4n) is 4.18. The molecule has 4 rings (SSSR count). The first-order chi connectivity index (χ1) is 18.2. The summed E-state index contributed by atoms with van der Waals surface area (Å²) in [4.78, 5) is 29.0. The van der Waals surface area contributed by atoms with Crippen LogP contribution < -0.4 is 20.4 Å². The van der Waals surface area contributed by atoms with E-state index in [4.69, 9.17) is 32.4 Å². The number of hydrogen-bond donors (Lipinski definition) is 3. The first-order valence-corrected chi connectivity index (χ1v) is 14.0. The van der Waals surface area contributed by atoms with Gasteiger partial charge in [-0.15, -0.1) is 0 Å². The van der Waals surface area contributed by atoms with Crippen molar-refractivity contribution in [1.29, 1.82) is 0 Å². The van der Waals surface area contributed by atoms with Crippen LogP contribution in [-0.4, -0.2) is 66.1 Å². The summed E-state index contributed by atoms with van der Waals surface area (Å²) in [5.41, 5.74) is 2.29. The highest BCUT2D eigenvalue weighted by atomic mass is 35.5. The van der Waals surface area contributed by atoms with Crippen LogP contribution in [0, 0.1) is 0 Å². The van der Waals surface area contributed by atoms with Crippen LogP contribution in [-0.2, 0) is 13.0 Å². The fraction of sp³-hybridized carbons (Fsp3) is 0.346. The van der Waals surface area contributed by atoms with E-state index in [-0.39, 0.29) is 22.8 Å². The summed E-state index contributed by atoms with van der Waals surface area (Å²) in [5.74, 6) is 0.107. The number of carbonyl (C=O) groups excluding carboxylic acids is 1. The van der Waals surface area contributed by atoms with Crippen LogP contribution in [0.4, 0.5) is 10.5 Å².